The Hall–Kier alpha value is -1.74. The number of nitrogens with zero attached hydrogens (tertiary/aromatic N) is 2. The molecule has 0 unspecified atom stereocenters. The Morgan fingerprint density at radius 1 is 1.28 bits per heavy atom. The molecule has 1 aromatic carbocycles. The van der Waals surface area contributed by atoms with Gasteiger partial charge in [0.05, 0.1) is 10.7 Å². The van der Waals surface area contributed by atoms with Crippen molar-refractivity contribution in [3.63, 3.8) is 0 Å². The number of nitrogens with one attached hydrogen (secondary N) is 1. The Balaban J connectivity index is 1.66. The molecule has 3 aromatic rings. The Labute approximate surface area is 154 Å². The van der Waals surface area contributed by atoms with Gasteiger partial charge >= 0.3 is 0 Å². The van der Waals surface area contributed by atoms with Crippen LogP contribution < -0.4 is 4.72 Å². The third-order valence-electron chi connectivity index (χ3n) is 3.57. The molecule has 0 saturated heterocycles. The SMILES string of the molecule is Cc1noc(C)c1S(=O)(=O)NCCc1csc(-c2ccccc2Cl)n1. The molecule has 0 spiro atoms. The highest BCUT2D eigenvalue weighted by Crippen LogP contribution is 2.30. The van der Waals surface area contributed by atoms with Crippen LogP contribution in [-0.2, 0) is 16.4 Å². The molecule has 0 saturated carbocycles. The van der Waals surface area contributed by atoms with Crippen molar-refractivity contribution in [3.05, 3.63) is 51.8 Å². The molecular formula is C16H16ClN3O3S2. The van der Waals surface area contributed by atoms with E-state index in [2.05, 4.69) is 14.9 Å². The number of aryl methyl sites for hydroxylation is 2. The quantitative estimate of drug-likeness (QED) is 0.687. The molecule has 3 rings (SSSR count). The van der Waals surface area contributed by atoms with E-state index in [1.165, 1.54) is 11.3 Å². The average molecular weight is 398 g/mol. The van der Waals surface area contributed by atoms with Gasteiger partial charge in [-0.25, -0.2) is 18.1 Å². The maximum absolute atomic E-state index is 12.4. The molecule has 25 heavy (non-hydrogen) atoms. The lowest BCUT2D eigenvalue weighted by atomic mass is 10.2. The predicted octanol–water partition coefficient (Wildman–Crippen LogP) is 3.59. The third-order valence-corrected chi connectivity index (χ3v) is 6.52. The number of aromatic nitrogens is 2. The van der Waals surface area contributed by atoms with E-state index >= 15 is 0 Å². The number of halogens is 1. The third kappa shape index (κ3) is 3.92. The molecule has 0 fully saturated rings. The van der Waals surface area contributed by atoms with E-state index in [0.29, 0.717) is 17.1 Å². The number of rotatable bonds is 6. The van der Waals surface area contributed by atoms with E-state index in [0.717, 1.165) is 16.3 Å². The van der Waals surface area contributed by atoms with Crippen LogP contribution in [0.25, 0.3) is 10.6 Å². The van der Waals surface area contributed by atoms with Crippen LogP contribution >= 0.6 is 22.9 Å². The second-order valence-corrected chi connectivity index (χ2v) is 8.39. The molecule has 0 amide bonds. The Morgan fingerprint density at radius 2 is 2.04 bits per heavy atom. The number of hydrogen-bond acceptors (Lipinski definition) is 6. The molecule has 1 N–H and O–H groups in total. The van der Waals surface area contributed by atoms with Gasteiger partial charge < -0.3 is 4.52 Å². The van der Waals surface area contributed by atoms with Gasteiger partial charge in [-0.1, -0.05) is 35.0 Å². The monoisotopic (exact) mass is 397 g/mol. The van der Waals surface area contributed by atoms with Crippen molar-refractivity contribution in [2.24, 2.45) is 0 Å². The topological polar surface area (TPSA) is 85.1 Å². The zero-order chi connectivity index (χ0) is 18.0. The molecule has 2 aromatic heterocycles. The van der Waals surface area contributed by atoms with Crippen LogP contribution in [0.2, 0.25) is 5.02 Å². The summed E-state index contributed by atoms with van der Waals surface area (Å²) in [7, 11) is -3.65. The summed E-state index contributed by atoms with van der Waals surface area (Å²) in [4.78, 5) is 4.63. The summed E-state index contributed by atoms with van der Waals surface area (Å²) in [5.74, 6) is 0.277. The van der Waals surface area contributed by atoms with E-state index < -0.39 is 10.0 Å². The second-order valence-electron chi connectivity index (χ2n) is 5.42. The first kappa shape index (κ1) is 18.1. The highest BCUT2D eigenvalue weighted by Gasteiger charge is 2.23. The molecular weight excluding hydrogens is 382 g/mol. The first-order chi connectivity index (χ1) is 11.9. The van der Waals surface area contributed by atoms with Crippen LogP contribution in [0, 0.1) is 13.8 Å². The molecule has 2 heterocycles. The summed E-state index contributed by atoms with van der Waals surface area (Å²) in [6.45, 7) is 3.41. The van der Waals surface area contributed by atoms with Crippen LogP contribution in [0.15, 0.2) is 39.1 Å². The Kier molecular flexibility index (Phi) is 5.24. The fourth-order valence-corrected chi connectivity index (χ4v) is 4.96. The average Bonchev–Trinajstić information content (AvgIpc) is 3.15. The lowest BCUT2D eigenvalue weighted by molar-refractivity contribution is 0.390. The molecule has 0 aliphatic heterocycles. The van der Waals surface area contributed by atoms with E-state index in [1.807, 2.05) is 29.6 Å². The van der Waals surface area contributed by atoms with Gasteiger partial charge in [0.25, 0.3) is 0 Å². The number of thiazole rings is 1. The summed E-state index contributed by atoms with van der Waals surface area (Å²) in [6, 6.07) is 7.49. The number of sulfonamides is 1. The summed E-state index contributed by atoms with van der Waals surface area (Å²) in [6.07, 6.45) is 0.476. The summed E-state index contributed by atoms with van der Waals surface area (Å²) >= 11 is 7.66. The zero-order valence-electron chi connectivity index (χ0n) is 13.6. The fourth-order valence-electron chi connectivity index (χ4n) is 2.42. The first-order valence-electron chi connectivity index (χ1n) is 7.50. The van der Waals surface area contributed by atoms with E-state index in [4.69, 9.17) is 16.1 Å². The van der Waals surface area contributed by atoms with Gasteiger partial charge in [0, 0.05) is 23.9 Å². The minimum Gasteiger partial charge on any atom is -0.360 e. The van der Waals surface area contributed by atoms with Crippen LogP contribution in [0.1, 0.15) is 17.1 Å². The summed E-state index contributed by atoms with van der Waals surface area (Å²) < 4.78 is 32.2. The lowest BCUT2D eigenvalue weighted by Gasteiger charge is -2.05. The largest absolute Gasteiger partial charge is 0.360 e. The van der Waals surface area contributed by atoms with Gasteiger partial charge in [-0.15, -0.1) is 11.3 Å². The van der Waals surface area contributed by atoms with E-state index in [9.17, 15) is 8.42 Å². The van der Waals surface area contributed by atoms with Crippen LogP contribution in [0.4, 0.5) is 0 Å². The van der Waals surface area contributed by atoms with Crippen molar-refractivity contribution in [1.82, 2.24) is 14.9 Å². The van der Waals surface area contributed by atoms with Crippen LogP contribution in [0.3, 0.4) is 0 Å². The van der Waals surface area contributed by atoms with Crippen molar-refractivity contribution >= 4 is 33.0 Å². The predicted molar refractivity (Wildman–Crippen MR) is 97.4 cm³/mol. The molecule has 132 valence electrons. The molecule has 0 aliphatic carbocycles. The Bertz CT molecular complexity index is 976. The minimum absolute atomic E-state index is 0.0996. The maximum Gasteiger partial charge on any atom is 0.245 e. The smallest absolute Gasteiger partial charge is 0.245 e. The standard InChI is InChI=1S/C16H16ClN3O3S2/c1-10-15(11(2)23-20-10)25(21,22)18-8-7-12-9-24-16(19-12)13-5-3-4-6-14(13)17/h3-6,9,18H,7-8H2,1-2H3. The highest BCUT2D eigenvalue weighted by molar-refractivity contribution is 7.89. The fraction of sp³-hybridized carbons (Fsp3) is 0.250. The van der Waals surface area contributed by atoms with Gasteiger partial charge in [0.1, 0.15) is 15.6 Å². The van der Waals surface area contributed by atoms with Gasteiger partial charge in [0.15, 0.2) is 5.76 Å². The van der Waals surface area contributed by atoms with Gasteiger partial charge in [-0.3, -0.25) is 0 Å². The zero-order valence-corrected chi connectivity index (χ0v) is 16.0. The van der Waals surface area contributed by atoms with Gasteiger partial charge in [-0.2, -0.15) is 0 Å². The normalized spacial score (nSPS) is 11.8. The molecule has 9 heteroatoms. The Morgan fingerprint density at radius 3 is 2.72 bits per heavy atom. The van der Waals surface area contributed by atoms with Crippen molar-refractivity contribution < 1.29 is 12.9 Å². The molecule has 0 atom stereocenters. The van der Waals surface area contributed by atoms with Crippen molar-refractivity contribution in [2.75, 3.05) is 6.54 Å². The van der Waals surface area contributed by atoms with E-state index in [1.54, 1.807) is 13.8 Å². The van der Waals surface area contributed by atoms with Crippen LogP contribution in [0.5, 0.6) is 0 Å². The number of hydrogen-bond donors (Lipinski definition) is 1. The molecule has 0 radical (unpaired) electrons. The second kappa shape index (κ2) is 7.25. The molecule has 0 bridgehead atoms. The molecule has 0 aliphatic rings. The van der Waals surface area contributed by atoms with Crippen molar-refractivity contribution in [2.45, 2.75) is 25.2 Å². The lowest BCUT2D eigenvalue weighted by Crippen LogP contribution is -2.26. The van der Waals surface area contributed by atoms with Gasteiger partial charge in [-0.05, 0) is 19.9 Å². The van der Waals surface area contributed by atoms with Crippen LogP contribution in [-0.4, -0.2) is 25.1 Å². The number of benzene rings is 1. The van der Waals surface area contributed by atoms with Gasteiger partial charge in [0.2, 0.25) is 10.0 Å². The van der Waals surface area contributed by atoms with Crippen molar-refractivity contribution in [3.8, 4) is 10.6 Å². The van der Waals surface area contributed by atoms with E-state index in [-0.39, 0.29) is 17.2 Å². The maximum atomic E-state index is 12.4. The highest BCUT2D eigenvalue weighted by atomic mass is 35.5. The summed E-state index contributed by atoms with van der Waals surface area (Å²) in [5.41, 5.74) is 2.03. The first-order valence-corrected chi connectivity index (χ1v) is 10.2. The molecule has 6 nitrogen and oxygen atoms in total. The summed E-state index contributed by atoms with van der Waals surface area (Å²) in [5, 5.41) is 7.04. The minimum atomic E-state index is -3.65. The van der Waals surface area contributed by atoms with Crippen molar-refractivity contribution in [1.29, 1.82) is 0 Å².